The molecular formula is C22H24N10O3. The first-order valence-electron chi connectivity index (χ1n) is 11.1. The van der Waals surface area contributed by atoms with Gasteiger partial charge in [0.15, 0.2) is 0 Å². The van der Waals surface area contributed by atoms with Gasteiger partial charge in [0.05, 0.1) is 23.8 Å². The van der Waals surface area contributed by atoms with Gasteiger partial charge >= 0.3 is 5.69 Å². The Balaban J connectivity index is 1.27. The molecule has 0 aliphatic carbocycles. The average Bonchev–Trinajstić information content (AvgIpc) is 3.36. The van der Waals surface area contributed by atoms with Crippen LogP contribution in [0, 0.1) is 10.1 Å². The van der Waals surface area contributed by atoms with E-state index in [1.54, 1.807) is 6.20 Å². The third-order valence-electron chi connectivity index (χ3n) is 5.58. The highest BCUT2D eigenvalue weighted by molar-refractivity contribution is 5.66. The van der Waals surface area contributed by atoms with Crippen LogP contribution in [-0.2, 0) is 4.74 Å². The molecule has 1 saturated heterocycles. The van der Waals surface area contributed by atoms with E-state index in [2.05, 4.69) is 30.5 Å². The highest BCUT2D eigenvalue weighted by atomic mass is 16.6. The van der Waals surface area contributed by atoms with E-state index in [0.717, 1.165) is 35.8 Å². The van der Waals surface area contributed by atoms with Crippen molar-refractivity contribution in [3.8, 4) is 11.3 Å². The number of nitro groups is 1. The minimum absolute atomic E-state index is 0.129. The highest BCUT2D eigenvalue weighted by Gasteiger charge is 2.14. The van der Waals surface area contributed by atoms with Crippen molar-refractivity contribution in [2.75, 3.05) is 60.7 Å². The maximum absolute atomic E-state index is 10.9. The third-order valence-corrected chi connectivity index (χ3v) is 5.58. The standard InChI is InChI=1S/C22H24N10O3/c23-21-17(32(33)34)2-3-18(29-21)24-5-6-26-22-28-16(13-20-25-7-8-31(20)22)15-1-4-19(27-14-15)30-9-11-35-12-10-30/h1-4,7-8,13-14H,5-6,9-12H2,(H,26,28)(H3,23,24,29). The number of aromatic nitrogens is 5. The Kier molecular flexibility index (Phi) is 6.22. The minimum atomic E-state index is -0.561. The zero-order valence-corrected chi connectivity index (χ0v) is 18.8. The van der Waals surface area contributed by atoms with Crippen LogP contribution in [0.25, 0.3) is 16.9 Å². The molecule has 35 heavy (non-hydrogen) atoms. The molecule has 0 saturated carbocycles. The van der Waals surface area contributed by atoms with Crippen LogP contribution >= 0.6 is 0 Å². The van der Waals surface area contributed by atoms with Gasteiger partial charge in [0.2, 0.25) is 11.8 Å². The first kappa shape index (κ1) is 22.3. The maximum Gasteiger partial charge on any atom is 0.311 e. The van der Waals surface area contributed by atoms with E-state index in [0.29, 0.717) is 38.1 Å². The first-order chi connectivity index (χ1) is 17.1. The van der Waals surface area contributed by atoms with Crippen molar-refractivity contribution in [1.29, 1.82) is 0 Å². The first-order valence-corrected chi connectivity index (χ1v) is 11.1. The molecule has 5 rings (SSSR count). The molecule has 1 aliphatic rings. The number of nitrogens with one attached hydrogen (secondary N) is 2. The molecular weight excluding hydrogens is 452 g/mol. The second kappa shape index (κ2) is 9.77. The fraction of sp³-hybridized carbons (Fsp3) is 0.273. The lowest BCUT2D eigenvalue weighted by Crippen LogP contribution is -2.36. The van der Waals surface area contributed by atoms with E-state index in [-0.39, 0.29) is 11.5 Å². The van der Waals surface area contributed by atoms with E-state index in [1.165, 1.54) is 12.1 Å². The number of pyridine rings is 2. The van der Waals surface area contributed by atoms with Crippen LogP contribution in [0.4, 0.5) is 29.1 Å². The molecule has 0 bridgehead atoms. The predicted molar refractivity (Wildman–Crippen MR) is 132 cm³/mol. The zero-order chi connectivity index (χ0) is 24.2. The molecule has 13 nitrogen and oxygen atoms in total. The zero-order valence-electron chi connectivity index (χ0n) is 18.8. The van der Waals surface area contributed by atoms with Crippen molar-refractivity contribution >= 4 is 34.7 Å². The molecule has 0 amide bonds. The van der Waals surface area contributed by atoms with Gasteiger partial charge in [-0.25, -0.2) is 19.9 Å². The lowest BCUT2D eigenvalue weighted by atomic mass is 10.2. The SMILES string of the molecule is Nc1nc(NCCNc2nc(-c3ccc(N4CCOCC4)nc3)cc3nccn23)ccc1[N+](=O)[O-]. The van der Waals surface area contributed by atoms with Crippen molar-refractivity contribution < 1.29 is 9.66 Å². The second-order valence-electron chi connectivity index (χ2n) is 7.84. The molecule has 4 aromatic heterocycles. The normalized spacial score (nSPS) is 13.7. The Morgan fingerprint density at radius 2 is 1.91 bits per heavy atom. The fourth-order valence-electron chi connectivity index (χ4n) is 3.80. The molecule has 0 aromatic carbocycles. The van der Waals surface area contributed by atoms with Gasteiger partial charge in [0.1, 0.15) is 17.3 Å². The van der Waals surface area contributed by atoms with Crippen LogP contribution in [0.1, 0.15) is 0 Å². The molecule has 5 heterocycles. The Morgan fingerprint density at radius 1 is 1.09 bits per heavy atom. The number of fused-ring (bicyclic) bond motifs is 1. The van der Waals surface area contributed by atoms with Crippen molar-refractivity contribution in [2.24, 2.45) is 0 Å². The molecule has 0 unspecified atom stereocenters. The number of imidazole rings is 1. The van der Waals surface area contributed by atoms with Gasteiger partial charge in [-0.2, -0.15) is 0 Å². The minimum Gasteiger partial charge on any atom is -0.378 e. The van der Waals surface area contributed by atoms with Crippen molar-refractivity contribution in [2.45, 2.75) is 0 Å². The highest BCUT2D eigenvalue weighted by Crippen LogP contribution is 2.23. The smallest absolute Gasteiger partial charge is 0.311 e. The van der Waals surface area contributed by atoms with Crippen LogP contribution in [0.2, 0.25) is 0 Å². The van der Waals surface area contributed by atoms with Gasteiger partial charge in [-0.3, -0.25) is 14.5 Å². The molecule has 0 atom stereocenters. The average molecular weight is 477 g/mol. The summed E-state index contributed by atoms with van der Waals surface area (Å²) in [7, 11) is 0. The third kappa shape index (κ3) is 4.89. The van der Waals surface area contributed by atoms with Crippen molar-refractivity contribution in [3.05, 3.63) is 59.0 Å². The van der Waals surface area contributed by atoms with Crippen LogP contribution in [0.15, 0.2) is 48.9 Å². The molecule has 1 fully saturated rings. The van der Waals surface area contributed by atoms with E-state index in [4.69, 9.17) is 15.5 Å². The summed E-state index contributed by atoms with van der Waals surface area (Å²) in [6.45, 7) is 4.07. The van der Waals surface area contributed by atoms with Gasteiger partial charge < -0.3 is 26.0 Å². The summed E-state index contributed by atoms with van der Waals surface area (Å²) in [5, 5.41) is 17.3. The van der Waals surface area contributed by atoms with E-state index in [1.807, 2.05) is 35.0 Å². The summed E-state index contributed by atoms with van der Waals surface area (Å²) in [4.78, 5) is 30.4. The number of hydrogen-bond donors (Lipinski definition) is 3. The lowest BCUT2D eigenvalue weighted by Gasteiger charge is -2.27. The van der Waals surface area contributed by atoms with E-state index >= 15 is 0 Å². The van der Waals surface area contributed by atoms with Gasteiger partial charge in [0.25, 0.3) is 0 Å². The van der Waals surface area contributed by atoms with Crippen molar-refractivity contribution in [1.82, 2.24) is 24.3 Å². The lowest BCUT2D eigenvalue weighted by molar-refractivity contribution is -0.384. The van der Waals surface area contributed by atoms with Crippen LogP contribution in [0.3, 0.4) is 0 Å². The predicted octanol–water partition coefficient (Wildman–Crippen LogP) is 2.04. The molecule has 180 valence electrons. The number of hydrogen-bond acceptors (Lipinski definition) is 11. The van der Waals surface area contributed by atoms with E-state index < -0.39 is 4.92 Å². The van der Waals surface area contributed by atoms with Gasteiger partial charge in [-0.1, -0.05) is 0 Å². The Labute approximate surface area is 200 Å². The Bertz CT molecular complexity index is 1340. The van der Waals surface area contributed by atoms with Crippen molar-refractivity contribution in [3.63, 3.8) is 0 Å². The molecule has 0 radical (unpaired) electrons. The topological polar surface area (TPSA) is 162 Å². The molecule has 4 N–H and O–H groups in total. The van der Waals surface area contributed by atoms with Gasteiger partial charge in [-0.05, 0) is 18.2 Å². The molecule has 1 aliphatic heterocycles. The molecule has 0 spiro atoms. The van der Waals surface area contributed by atoms with E-state index in [9.17, 15) is 10.1 Å². The molecule has 4 aromatic rings. The quantitative estimate of drug-likeness (QED) is 0.194. The Hall–Kier alpha value is -4.52. The van der Waals surface area contributed by atoms with Gasteiger partial charge in [0, 0.05) is 62.5 Å². The number of nitrogens with two attached hydrogens (primary N) is 1. The number of nitrogens with zero attached hydrogens (tertiary/aromatic N) is 7. The summed E-state index contributed by atoms with van der Waals surface area (Å²) >= 11 is 0. The van der Waals surface area contributed by atoms with Gasteiger partial charge in [-0.15, -0.1) is 0 Å². The maximum atomic E-state index is 10.9. The fourth-order valence-corrected chi connectivity index (χ4v) is 3.80. The molecule has 13 heteroatoms. The summed E-state index contributed by atoms with van der Waals surface area (Å²) < 4.78 is 7.27. The monoisotopic (exact) mass is 476 g/mol. The second-order valence-corrected chi connectivity index (χ2v) is 7.84. The van der Waals surface area contributed by atoms with Crippen LogP contribution in [0.5, 0.6) is 0 Å². The summed E-state index contributed by atoms with van der Waals surface area (Å²) in [5.74, 6) is 1.88. The number of morpholine rings is 1. The summed E-state index contributed by atoms with van der Waals surface area (Å²) in [5.41, 5.74) is 7.83. The largest absolute Gasteiger partial charge is 0.378 e. The number of anilines is 4. The van der Waals surface area contributed by atoms with Crippen LogP contribution in [-0.4, -0.2) is 68.7 Å². The van der Waals surface area contributed by atoms with Crippen LogP contribution < -0.4 is 21.3 Å². The Morgan fingerprint density at radius 3 is 2.66 bits per heavy atom. The number of nitrogen functional groups attached to an aromatic ring is 1. The summed E-state index contributed by atoms with van der Waals surface area (Å²) in [6, 6.07) is 8.78. The summed E-state index contributed by atoms with van der Waals surface area (Å²) in [6.07, 6.45) is 5.37. The number of rotatable bonds is 8. The number of ether oxygens (including phenoxy) is 1.